The third-order valence-corrected chi connectivity index (χ3v) is 7.04. The zero-order valence-corrected chi connectivity index (χ0v) is 18.1. The molecule has 0 bridgehead atoms. The zero-order chi connectivity index (χ0) is 21.3. The fraction of sp³-hybridized carbons (Fsp3) is 0.167. The number of fused-ring (bicyclic) bond motifs is 1. The topological polar surface area (TPSA) is 66.9 Å². The van der Waals surface area contributed by atoms with E-state index in [1.54, 1.807) is 19.2 Å². The van der Waals surface area contributed by atoms with Crippen LogP contribution in [0.3, 0.4) is 0 Å². The second-order valence-corrected chi connectivity index (χ2v) is 9.44. The lowest BCUT2D eigenvalue weighted by atomic mass is 10.1. The molecule has 6 heteroatoms. The quantitative estimate of drug-likeness (QED) is 0.467. The van der Waals surface area contributed by atoms with Crippen LogP contribution in [-0.4, -0.2) is 24.4 Å². The molecule has 0 amide bonds. The molecule has 0 spiro atoms. The van der Waals surface area contributed by atoms with Crippen molar-refractivity contribution in [3.8, 4) is 11.3 Å². The summed E-state index contributed by atoms with van der Waals surface area (Å²) in [6, 6.07) is 17.6. The van der Waals surface area contributed by atoms with Crippen LogP contribution in [-0.2, 0) is 16.6 Å². The summed E-state index contributed by atoms with van der Waals surface area (Å²) in [7, 11) is -1.88. The van der Waals surface area contributed by atoms with E-state index in [1.165, 1.54) is 3.97 Å². The van der Waals surface area contributed by atoms with Crippen molar-refractivity contribution in [2.24, 2.45) is 0 Å². The molecule has 4 aromatic rings. The lowest BCUT2D eigenvalue weighted by molar-refractivity contribution is 0.594. The maximum absolute atomic E-state index is 13.5. The van der Waals surface area contributed by atoms with Crippen LogP contribution >= 0.6 is 0 Å². The Morgan fingerprint density at radius 2 is 1.93 bits per heavy atom. The SMILES string of the molecule is CNCc1cc(-c2ccc3[nH]ccc3c2)n(S(=O)(=O)/C(C)=C/c2ccccc2C)c1. The maximum Gasteiger partial charge on any atom is 0.264 e. The summed E-state index contributed by atoms with van der Waals surface area (Å²) in [6.45, 7) is 4.21. The molecule has 0 aliphatic heterocycles. The first-order valence-electron chi connectivity index (χ1n) is 9.83. The summed E-state index contributed by atoms with van der Waals surface area (Å²) in [5, 5.41) is 4.14. The first-order chi connectivity index (χ1) is 14.4. The predicted molar refractivity (Wildman–Crippen MR) is 124 cm³/mol. The summed E-state index contributed by atoms with van der Waals surface area (Å²) in [6.07, 6.45) is 5.32. The van der Waals surface area contributed by atoms with Gasteiger partial charge in [0.25, 0.3) is 10.0 Å². The van der Waals surface area contributed by atoms with Gasteiger partial charge in [-0.3, -0.25) is 0 Å². The summed E-state index contributed by atoms with van der Waals surface area (Å²) < 4.78 is 28.5. The van der Waals surface area contributed by atoms with Crippen LogP contribution in [0.2, 0.25) is 0 Å². The van der Waals surface area contributed by atoms with E-state index in [-0.39, 0.29) is 0 Å². The predicted octanol–water partition coefficient (Wildman–Crippen LogP) is 4.90. The molecule has 0 aliphatic carbocycles. The van der Waals surface area contributed by atoms with Crippen LogP contribution in [0.1, 0.15) is 23.6 Å². The van der Waals surface area contributed by atoms with Gasteiger partial charge in [0.15, 0.2) is 0 Å². The summed E-state index contributed by atoms with van der Waals surface area (Å²) in [5.74, 6) is 0. The standard InChI is InChI=1S/C24H25N3O2S/c1-17-6-4-5-7-20(17)12-18(2)30(28,29)27-16-19(15-25-3)13-24(27)22-8-9-23-21(14-22)10-11-26-23/h4-14,16,25-26H,15H2,1-3H3/b18-12+. The molecule has 30 heavy (non-hydrogen) atoms. The zero-order valence-electron chi connectivity index (χ0n) is 17.3. The summed E-state index contributed by atoms with van der Waals surface area (Å²) in [5.41, 5.74) is 5.38. The molecule has 0 saturated heterocycles. The minimum Gasteiger partial charge on any atom is -0.361 e. The first kappa shape index (κ1) is 20.2. The lowest BCUT2D eigenvalue weighted by Crippen LogP contribution is -2.14. The molecule has 2 heterocycles. The number of aromatic nitrogens is 2. The summed E-state index contributed by atoms with van der Waals surface area (Å²) >= 11 is 0. The van der Waals surface area contributed by atoms with Gasteiger partial charge in [0, 0.05) is 29.8 Å². The van der Waals surface area contributed by atoms with E-state index in [4.69, 9.17) is 0 Å². The summed E-state index contributed by atoms with van der Waals surface area (Å²) in [4.78, 5) is 3.47. The van der Waals surface area contributed by atoms with Gasteiger partial charge in [0.05, 0.1) is 10.6 Å². The Labute approximate surface area is 177 Å². The van der Waals surface area contributed by atoms with E-state index in [9.17, 15) is 8.42 Å². The number of aromatic amines is 1. The van der Waals surface area contributed by atoms with Crippen LogP contribution in [0.4, 0.5) is 0 Å². The Hall–Kier alpha value is -3.09. The third kappa shape index (κ3) is 3.72. The molecule has 2 aromatic heterocycles. The van der Waals surface area contributed by atoms with Gasteiger partial charge in [-0.2, -0.15) is 0 Å². The average molecular weight is 420 g/mol. The number of allylic oxidation sites excluding steroid dienone is 1. The second kappa shape index (κ2) is 7.97. The van der Waals surface area contributed by atoms with Crippen LogP contribution in [0.15, 0.2) is 71.9 Å². The normalized spacial score (nSPS) is 12.6. The van der Waals surface area contributed by atoms with Crippen molar-refractivity contribution in [1.82, 2.24) is 14.3 Å². The Morgan fingerprint density at radius 1 is 1.13 bits per heavy atom. The molecule has 2 N–H and O–H groups in total. The van der Waals surface area contributed by atoms with E-state index < -0.39 is 10.0 Å². The Kier molecular flexibility index (Phi) is 5.37. The number of rotatable bonds is 6. The Balaban J connectivity index is 1.85. The van der Waals surface area contributed by atoms with Gasteiger partial charge in [-0.1, -0.05) is 30.3 Å². The maximum atomic E-state index is 13.5. The molecule has 0 aliphatic rings. The van der Waals surface area contributed by atoms with Crippen LogP contribution in [0.5, 0.6) is 0 Å². The number of aryl methyl sites for hydroxylation is 1. The molecule has 0 saturated carbocycles. The van der Waals surface area contributed by atoms with Gasteiger partial charge in [-0.25, -0.2) is 12.4 Å². The van der Waals surface area contributed by atoms with Gasteiger partial charge < -0.3 is 10.3 Å². The van der Waals surface area contributed by atoms with E-state index in [0.717, 1.165) is 33.2 Å². The number of hydrogen-bond donors (Lipinski definition) is 2. The Morgan fingerprint density at radius 3 is 2.70 bits per heavy atom. The van der Waals surface area contributed by atoms with E-state index >= 15 is 0 Å². The lowest BCUT2D eigenvalue weighted by Gasteiger charge is -2.12. The van der Waals surface area contributed by atoms with Crippen molar-refractivity contribution in [2.45, 2.75) is 20.4 Å². The van der Waals surface area contributed by atoms with Gasteiger partial charge in [-0.05, 0) is 73.5 Å². The molecule has 0 unspecified atom stereocenters. The number of nitrogens with zero attached hydrogens (tertiary/aromatic N) is 1. The highest BCUT2D eigenvalue weighted by atomic mass is 32.2. The Bertz CT molecular complexity index is 1340. The van der Waals surface area contributed by atoms with Crippen molar-refractivity contribution in [3.63, 3.8) is 0 Å². The highest BCUT2D eigenvalue weighted by Gasteiger charge is 2.22. The fourth-order valence-corrected chi connectivity index (χ4v) is 4.89. The number of hydrogen-bond acceptors (Lipinski definition) is 3. The number of nitrogens with one attached hydrogen (secondary N) is 2. The van der Waals surface area contributed by atoms with E-state index in [1.807, 2.05) is 74.8 Å². The van der Waals surface area contributed by atoms with Crippen molar-refractivity contribution < 1.29 is 8.42 Å². The molecule has 0 radical (unpaired) electrons. The van der Waals surface area contributed by atoms with Crippen molar-refractivity contribution >= 4 is 27.0 Å². The van der Waals surface area contributed by atoms with E-state index in [2.05, 4.69) is 10.3 Å². The molecular weight excluding hydrogens is 394 g/mol. The second-order valence-electron chi connectivity index (χ2n) is 7.46. The molecule has 5 nitrogen and oxygen atoms in total. The fourth-order valence-electron chi connectivity index (χ4n) is 3.62. The van der Waals surface area contributed by atoms with E-state index in [0.29, 0.717) is 17.1 Å². The van der Waals surface area contributed by atoms with Crippen LogP contribution < -0.4 is 5.32 Å². The van der Waals surface area contributed by atoms with Crippen LogP contribution in [0, 0.1) is 6.92 Å². The van der Waals surface area contributed by atoms with Crippen LogP contribution in [0.25, 0.3) is 28.2 Å². The van der Waals surface area contributed by atoms with Crippen molar-refractivity contribution in [2.75, 3.05) is 7.05 Å². The van der Waals surface area contributed by atoms with Gasteiger partial charge in [0.2, 0.25) is 0 Å². The van der Waals surface area contributed by atoms with Gasteiger partial charge >= 0.3 is 0 Å². The number of benzene rings is 2. The molecule has 0 fully saturated rings. The number of H-pyrrole nitrogens is 1. The largest absolute Gasteiger partial charge is 0.361 e. The highest BCUT2D eigenvalue weighted by molar-refractivity contribution is 7.94. The van der Waals surface area contributed by atoms with Gasteiger partial charge in [0.1, 0.15) is 0 Å². The first-order valence-corrected chi connectivity index (χ1v) is 11.3. The van der Waals surface area contributed by atoms with Crippen molar-refractivity contribution in [3.05, 3.63) is 88.6 Å². The highest BCUT2D eigenvalue weighted by Crippen LogP contribution is 2.29. The third-order valence-electron chi connectivity index (χ3n) is 5.29. The van der Waals surface area contributed by atoms with Gasteiger partial charge in [-0.15, -0.1) is 0 Å². The van der Waals surface area contributed by atoms with Crippen molar-refractivity contribution in [1.29, 1.82) is 0 Å². The average Bonchev–Trinajstić information content (AvgIpc) is 3.36. The molecular formula is C24H25N3O2S. The monoisotopic (exact) mass is 419 g/mol. The molecule has 0 atom stereocenters. The molecule has 4 rings (SSSR count). The molecule has 2 aromatic carbocycles. The minimum atomic E-state index is -3.73. The smallest absolute Gasteiger partial charge is 0.264 e. The minimum absolute atomic E-state index is 0.299. The molecule has 154 valence electrons.